The first-order valence-corrected chi connectivity index (χ1v) is 8.00. The molecule has 0 saturated carbocycles. The van der Waals surface area contributed by atoms with Crippen molar-refractivity contribution in [2.24, 2.45) is 0 Å². The summed E-state index contributed by atoms with van der Waals surface area (Å²) in [5.74, 6) is -2.33. The van der Waals surface area contributed by atoms with Crippen molar-refractivity contribution < 1.29 is 38.1 Å². The molecule has 0 fully saturated rings. The molecule has 9 heteroatoms. The molecule has 2 aromatic carbocycles. The molecule has 142 valence electrons. The highest BCUT2D eigenvalue weighted by atomic mass is 16.5. The zero-order chi connectivity index (χ0) is 20.2. The van der Waals surface area contributed by atoms with Crippen LogP contribution in [0.5, 0.6) is 23.0 Å². The second-order valence-electron chi connectivity index (χ2n) is 6.02. The largest absolute Gasteiger partial charge is 0.504 e. The van der Waals surface area contributed by atoms with E-state index in [1.165, 1.54) is 31.2 Å². The number of benzene rings is 2. The highest BCUT2D eigenvalue weighted by molar-refractivity contribution is 6.14. The number of carbonyl (C=O) groups is 2. The topological polar surface area (TPSA) is 136 Å². The molecule has 4 rings (SSSR count). The second-order valence-corrected chi connectivity index (χ2v) is 6.02. The van der Waals surface area contributed by atoms with E-state index in [1.807, 2.05) is 0 Å². The van der Waals surface area contributed by atoms with E-state index >= 15 is 0 Å². The second kappa shape index (κ2) is 6.02. The first-order chi connectivity index (χ1) is 13.2. The lowest BCUT2D eigenvalue weighted by Gasteiger charge is -2.05. The number of phenolic OH excluding ortho intramolecular Hbond substituents is 2. The molecule has 0 aliphatic rings. The average molecular weight is 384 g/mol. The SMILES string of the molecule is CC(=O)Oc1cc2oc(=O)c3c4cc(OC(C)=O)c(O)cc4oc3c2cc1O. The van der Waals surface area contributed by atoms with Gasteiger partial charge >= 0.3 is 17.6 Å². The molecule has 4 aromatic rings. The van der Waals surface area contributed by atoms with Crippen molar-refractivity contribution in [1.82, 2.24) is 0 Å². The van der Waals surface area contributed by atoms with Gasteiger partial charge < -0.3 is 28.5 Å². The molecule has 0 amide bonds. The highest BCUT2D eigenvalue weighted by Gasteiger charge is 2.21. The van der Waals surface area contributed by atoms with Crippen LogP contribution in [0.25, 0.3) is 32.9 Å². The fraction of sp³-hybridized carbons (Fsp3) is 0.105. The van der Waals surface area contributed by atoms with Crippen LogP contribution in [0.1, 0.15) is 13.8 Å². The van der Waals surface area contributed by atoms with Crippen LogP contribution in [0.15, 0.2) is 37.9 Å². The van der Waals surface area contributed by atoms with E-state index in [9.17, 15) is 24.6 Å². The van der Waals surface area contributed by atoms with Crippen LogP contribution >= 0.6 is 0 Å². The Morgan fingerprint density at radius 1 is 0.821 bits per heavy atom. The fourth-order valence-corrected chi connectivity index (χ4v) is 2.94. The van der Waals surface area contributed by atoms with Crippen LogP contribution < -0.4 is 15.1 Å². The lowest BCUT2D eigenvalue weighted by molar-refractivity contribution is -0.132. The standard InChI is InChI=1S/C19H12O9/c1-7(20)25-15-4-9-13(5-12(15)23)27-18-10-3-11(22)16(26-8(2)21)6-14(10)28-19(24)17(9)18/h3-6,22-23H,1-2H3. The summed E-state index contributed by atoms with van der Waals surface area (Å²) in [7, 11) is 0. The molecule has 0 aliphatic heterocycles. The maximum atomic E-state index is 12.5. The van der Waals surface area contributed by atoms with Crippen LogP contribution in [0.2, 0.25) is 0 Å². The predicted octanol–water partition coefficient (Wildman–Crippen LogP) is 2.95. The van der Waals surface area contributed by atoms with E-state index in [2.05, 4.69) is 0 Å². The summed E-state index contributed by atoms with van der Waals surface area (Å²) in [4.78, 5) is 34.9. The van der Waals surface area contributed by atoms with Gasteiger partial charge in [-0.3, -0.25) is 9.59 Å². The summed E-state index contributed by atoms with van der Waals surface area (Å²) in [6, 6.07) is 4.91. The fourth-order valence-electron chi connectivity index (χ4n) is 2.94. The summed E-state index contributed by atoms with van der Waals surface area (Å²) < 4.78 is 20.8. The van der Waals surface area contributed by atoms with Gasteiger partial charge in [-0.2, -0.15) is 0 Å². The first-order valence-electron chi connectivity index (χ1n) is 8.00. The Bertz CT molecular complexity index is 1360. The molecular weight excluding hydrogens is 372 g/mol. The average Bonchev–Trinajstić information content (AvgIpc) is 2.95. The minimum absolute atomic E-state index is 0.0232. The van der Waals surface area contributed by atoms with Crippen molar-refractivity contribution in [1.29, 1.82) is 0 Å². The van der Waals surface area contributed by atoms with Gasteiger partial charge in [0.15, 0.2) is 28.6 Å². The van der Waals surface area contributed by atoms with Crippen LogP contribution in [0.3, 0.4) is 0 Å². The van der Waals surface area contributed by atoms with Crippen molar-refractivity contribution in [3.05, 3.63) is 34.7 Å². The summed E-state index contributed by atoms with van der Waals surface area (Å²) in [5, 5.41) is 20.6. The number of aromatic hydroxyl groups is 2. The summed E-state index contributed by atoms with van der Waals surface area (Å²) in [6.45, 7) is 2.33. The van der Waals surface area contributed by atoms with Gasteiger partial charge in [0.05, 0.1) is 5.39 Å². The summed E-state index contributed by atoms with van der Waals surface area (Å²) in [5.41, 5.74) is -0.507. The van der Waals surface area contributed by atoms with Crippen molar-refractivity contribution >= 4 is 44.8 Å². The molecule has 0 bridgehead atoms. The molecule has 0 atom stereocenters. The minimum atomic E-state index is -0.764. The van der Waals surface area contributed by atoms with Gasteiger partial charge in [-0.25, -0.2) is 4.79 Å². The molecule has 0 aliphatic carbocycles. The maximum Gasteiger partial charge on any atom is 0.348 e. The lowest BCUT2D eigenvalue weighted by atomic mass is 10.1. The minimum Gasteiger partial charge on any atom is -0.504 e. The number of furan rings is 1. The number of carbonyl (C=O) groups excluding carboxylic acids is 2. The number of hydrogen-bond donors (Lipinski definition) is 2. The Labute approximate surface area is 155 Å². The van der Waals surface area contributed by atoms with Gasteiger partial charge in [0.2, 0.25) is 0 Å². The van der Waals surface area contributed by atoms with Gasteiger partial charge in [0, 0.05) is 31.4 Å². The van der Waals surface area contributed by atoms with Gasteiger partial charge in [-0.15, -0.1) is 0 Å². The molecule has 2 N–H and O–H groups in total. The van der Waals surface area contributed by atoms with Crippen molar-refractivity contribution in [3.63, 3.8) is 0 Å². The van der Waals surface area contributed by atoms with Crippen LogP contribution in [0.4, 0.5) is 0 Å². The monoisotopic (exact) mass is 384 g/mol. The quantitative estimate of drug-likeness (QED) is 0.303. The van der Waals surface area contributed by atoms with Crippen LogP contribution in [-0.2, 0) is 9.59 Å². The number of esters is 2. The Hall–Kier alpha value is -4.01. The van der Waals surface area contributed by atoms with E-state index < -0.39 is 17.6 Å². The number of fused-ring (bicyclic) bond motifs is 5. The third kappa shape index (κ3) is 2.69. The molecular formula is C19H12O9. The number of rotatable bonds is 2. The van der Waals surface area contributed by atoms with E-state index in [1.54, 1.807) is 0 Å². The van der Waals surface area contributed by atoms with Gasteiger partial charge in [-0.1, -0.05) is 0 Å². The number of phenols is 2. The maximum absolute atomic E-state index is 12.5. The zero-order valence-corrected chi connectivity index (χ0v) is 14.6. The highest BCUT2D eigenvalue weighted by Crippen LogP contribution is 2.40. The van der Waals surface area contributed by atoms with Crippen molar-refractivity contribution in [2.75, 3.05) is 0 Å². The van der Waals surface area contributed by atoms with E-state index in [0.29, 0.717) is 0 Å². The third-order valence-corrected chi connectivity index (χ3v) is 3.99. The molecule has 0 unspecified atom stereocenters. The van der Waals surface area contributed by atoms with E-state index in [0.717, 1.165) is 6.92 Å². The predicted molar refractivity (Wildman–Crippen MR) is 95.7 cm³/mol. The Balaban J connectivity index is 2.06. The molecule has 0 radical (unpaired) electrons. The number of ether oxygens (including phenoxy) is 2. The lowest BCUT2D eigenvalue weighted by Crippen LogP contribution is -2.03. The Morgan fingerprint density at radius 3 is 2.04 bits per heavy atom. The molecule has 28 heavy (non-hydrogen) atoms. The molecule has 0 spiro atoms. The van der Waals surface area contributed by atoms with Crippen LogP contribution in [-0.4, -0.2) is 22.2 Å². The van der Waals surface area contributed by atoms with Gasteiger partial charge in [0.25, 0.3) is 0 Å². The third-order valence-electron chi connectivity index (χ3n) is 3.99. The summed E-state index contributed by atoms with van der Waals surface area (Å²) >= 11 is 0. The molecule has 0 saturated heterocycles. The normalized spacial score (nSPS) is 11.2. The van der Waals surface area contributed by atoms with Crippen molar-refractivity contribution in [2.45, 2.75) is 13.8 Å². The smallest absolute Gasteiger partial charge is 0.348 e. The molecule has 2 heterocycles. The first kappa shape index (κ1) is 17.4. The summed E-state index contributed by atoms with van der Waals surface area (Å²) in [6.07, 6.45) is 0. The van der Waals surface area contributed by atoms with Gasteiger partial charge in [0.1, 0.15) is 16.6 Å². The van der Waals surface area contributed by atoms with Crippen LogP contribution in [0, 0.1) is 0 Å². The number of hydrogen-bond acceptors (Lipinski definition) is 9. The Morgan fingerprint density at radius 2 is 1.39 bits per heavy atom. The molecule has 9 nitrogen and oxygen atoms in total. The zero-order valence-electron chi connectivity index (χ0n) is 14.6. The van der Waals surface area contributed by atoms with E-state index in [-0.39, 0.29) is 55.9 Å². The van der Waals surface area contributed by atoms with E-state index in [4.69, 9.17) is 18.3 Å². The van der Waals surface area contributed by atoms with Crippen molar-refractivity contribution in [3.8, 4) is 23.0 Å². The van der Waals surface area contributed by atoms with Gasteiger partial charge in [-0.05, 0) is 12.1 Å². The molecule has 2 aromatic heterocycles. The Kier molecular flexibility index (Phi) is 3.74.